The molecule has 2 rings (SSSR count). The molecular weight excluding hydrogens is 285 g/mol. The molecule has 118 valence electrons. The smallest absolute Gasteiger partial charge is 0.246 e. The third-order valence-corrected chi connectivity index (χ3v) is 3.07. The van der Waals surface area contributed by atoms with E-state index in [9.17, 15) is 9.18 Å². The molecule has 0 aliphatic heterocycles. The van der Waals surface area contributed by atoms with Gasteiger partial charge in [0, 0.05) is 11.1 Å². The summed E-state index contributed by atoms with van der Waals surface area (Å²) in [7, 11) is 0. The van der Waals surface area contributed by atoms with Crippen molar-refractivity contribution >= 4 is 5.91 Å². The Morgan fingerprint density at radius 1 is 1.36 bits per heavy atom. The van der Waals surface area contributed by atoms with Crippen molar-refractivity contribution in [1.82, 2.24) is 25.5 Å². The molecule has 1 amide bonds. The van der Waals surface area contributed by atoms with Crippen LogP contribution in [0.4, 0.5) is 4.39 Å². The number of carbonyl (C=O) groups excluding carboxylic acids is 1. The van der Waals surface area contributed by atoms with Gasteiger partial charge in [0.25, 0.3) is 0 Å². The summed E-state index contributed by atoms with van der Waals surface area (Å²) in [6.07, 6.45) is 0. The van der Waals surface area contributed by atoms with Crippen LogP contribution < -0.4 is 5.32 Å². The number of hydrogen-bond donors (Lipinski definition) is 1. The van der Waals surface area contributed by atoms with Crippen molar-refractivity contribution in [3.05, 3.63) is 29.6 Å². The van der Waals surface area contributed by atoms with E-state index in [-0.39, 0.29) is 17.3 Å². The molecule has 1 heterocycles. The summed E-state index contributed by atoms with van der Waals surface area (Å²) in [5, 5.41) is 14.9. The topological polar surface area (TPSA) is 72.7 Å². The number of rotatable bonds is 3. The zero-order valence-electron chi connectivity index (χ0n) is 13.4. The summed E-state index contributed by atoms with van der Waals surface area (Å²) in [4.78, 5) is 13.4. The second-order valence-electron chi connectivity index (χ2n) is 6.31. The van der Waals surface area contributed by atoms with E-state index in [1.54, 1.807) is 26.0 Å². The number of aryl methyl sites for hydroxylation is 1. The minimum atomic E-state index is -0.581. The van der Waals surface area contributed by atoms with Gasteiger partial charge in [0.1, 0.15) is 11.9 Å². The second-order valence-corrected chi connectivity index (χ2v) is 6.31. The van der Waals surface area contributed by atoms with Crippen LogP contribution in [0.15, 0.2) is 18.2 Å². The van der Waals surface area contributed by atoms with Gasteiger partial charge in [0.2, 0.25) is 11.7 Å². The number of carbonyl (C=O) groups is 1. The third kappa shape index (κ3) is 3.66. The molecule has 1 atom stereocenters. The zero-order valence-corrected chi connectivity index (χ0v) is 13.4. The summed E-state index contributed by atoms with van der Waals surface area (Å²) in [6, 6.07) is 4.02. The first-order chi connectivity index (χ1) is 10.2. The molecule has 1 aromatic heterocycles. The Morgan fingerprint density at radius 2 is 2.05 bits per heavy atom. The Balaban J connectivity index is 2.20. The van der Waals surface area contributed by atoms with E-state index in [2.05, 4.69) is 20.7 Å². The van der Waals surface area contributed by atoms with Gasteiger partial charge in [-0.3, -0.25) is 4.79 Å². The van der Waals surface area contributed by atoms with Crippen LogP contribution in [0.3, 0.4) is 0 Å². The number of tetrazole rings is 1. The fourth-order valence-electron chi connectivity index (χ4n) is 1.87. The van der Waals surface area contributed by atoms with Crippen molar-refractivity contribution in [2.24, 2.45) is 0 Å². The average molecular weight is 305 g/mol. The van der Waals surface area contributed by atoms with Gasteiger partial charge in [-0.25, -0.2) is 4.39 Å². The highest BCUT2D eigenvalue weighted by Crippen LogP contribution is 2.18. The van der Waals surface area contributed by atoms with Crippen molar-refractivity contribution in [2.75, 3.05) is 0 Å². The quantitative estimate of drug-likeness (QED) is 0.944. The van der Waals surface area contributed by atoms with Gasteiger partial charge in [-0.15, -0.1) is 10.2 Å². The second kappa shape index (κ2) is 5.82. The van der Waals surface area contributed by atoms with Crippen LogP contribution in [0.2, 0.25) is 0 Å². The van der Waals surface area contributed by atoms with Crippen LogP contribution in [0.5, 0.6) is 0 Å². The fourth-order valence-corrected chi connectivity index (χ4v) is 1.87. The van der Waals surface area contributed by atoms with E-state index < -0.39 is 6.04 Å². The number of nitrogens with zero attached hydrogens (tertiary/aromatic N) is 4. The highest BCUT2D eigenvalue weighted by atomic mass is 19.1. The number of halogens is 1. The lowest BCUT2D eigenvalue weighted by Crippen LogP contribution is -2.44. The van der Waals surface area contributed by atoms with Crippen molar-refractivity contribution in [3.8, 4) is 11.4 Å². The number of benzene rings is 1. The normalized spacial score (nSPS) is 13.0. The molecule has 0 spiro atoms. The number of nitrogens with one attached hydrogen (secondary N) is 1. The SMILES string of the molecule is Cc1cc(-c2nnn([C@@H](C)C(=O)NC(C)(C)C)n2)ccc1F. The highest BCUT2D eigenvalue weighted by molar-refractivity contribution is 5.80. The maximum atomic E-state index is 13.3. The Hall–Kier alpha value is -2.31. The maximum absolute atomic E-state index is 13.3. The molecule has 0 radical (unpaired) electrons. The third-order valence-electron chi connectivity index (χ3n) is 3.07. The van der Waals surface area contributed by atoms with Crippen LogP contribution in [0, 0.1) is 12.7 Å². The van der Waals surface area contributed by atoms with E-state index in [0.717, 1.165) is 0 Å². The number of hydrogen-bond acceptors (Lipinski definition) is 4. The first-order valence-corrected chi connectivity index (χ1v) is 7.05. The monoisotopic (exact) mass is 305 g/mol. The molecule has 0 saturated carbocycles. The highest BCUT2D eigenvalue weighted by Gasteiger charge is 2.22. The van der Waals surface area contributed by atoms with E-state index >= 15 is 0 Å². The summed E-state index contributed by atoms with van der Waals surface area (Å²) >= 11 is 0. The first-order valence-electron chi connectivity index (χ1n) is 7.05. The molecule has 22 heavy (non-hydrogen) atoms. The lowest BCUT2D eigenvalue weighted by molar-refractivity contribution is -0.125. The predicted octanol–water partition coefficient (Wildman–Crippen LogP) is 2.26. The molecule has 0 unspecified atom stereocenters. The largest absolute Gasteiger partial charge is 0.350 e. The Bertz CT molecular complexity index is 689. The molecule has 0 aliphatic carbocycles. The van der Waals surface area contributed by atoms with Crippen LogP contribution in [0.1, 0.15) is 39.3 Å². The molecule has 1 aromatic carbocycles. The van der Waals surface area contributed by atoms with E-state index in [0.29, 0.717) is 17.0 Å². The molecule has 0 saturated heterocycles. The van der Waals surface area contributed by atoms with Gasteiger partial charge >= 0.3 is 0 Å². The van der Waals surface area contributed by atoms with Crippen LogP contribution in [0.25, 0.3) is 11.4 Å². The summed E-state index contributed by atoms with van der Waals surface area (Å²) in [5.74, 6) is -0.112. The molecule has 0 bridgehead atoms. The Kier molecular flexibility index (Phi) is 4.25. The summed E-state index contributed by atoms with van der Waals surface area (Å²) in [6.45, 7) is 9.07. The first kappa shape index (κ1) is 16.1. The molecule has 1 N–H and O–H groups in total. The lowest BCUT2D eigenvalue weighted by atomic mass is 10.1. The van der Waals surface area contributed by atoms with E-state index in [1.807, 2.05) is 20.8 Å². The van der Waals surface area contributed by atoms with Gasteiger partial charge in [-0.1, -0.05) is 0 Å². The molecular formula is C15H20FN5O. The van der Waals surface area contributed by atoms with Gasteiger partial charge in [0.15, 0.2) is 0 Å². The predicted molar refractivity (Wildman–Crippen MR) is 80.6 cm³/mol. The molecule has 0 aliphatic rings. The summed E-state index contributed by atoms with van der Waals surface area (Å²) in [5.41, 5.74) is 0.837. The van der Waals surface area contributed by atoms with Gasteiger partial charge in [-0.2, -0.15) is 4.80 Å². The molecule has 0 fully saturated rings. The average Bonchev–Trinajstić information content (AvgIpc) is 2.88. The van der Waals surface area contributed by atoms with Crippen molar-refractivity contribution in [2.45, 2.75) is 46.2 Å². The van der Waals surface area contributed by atoms with Gasteiger partial charge in [-0.05, 0) is 63.6 Å². The van der Waals surface area contributed by atoms with Crippen molar-refractivity contribution in [1.29, 1.82) is 0 Å². The molecule has 7 heteroatoms. The van der Waals surface area contributed by atoms with Crippen LogP contribution >= 0.6 is 0 Å². The van der Waals surface area contributed by atoms with Gasteiger partial charge < -0.3 is 5.32 Å². The lowest BCUT2D eigenvalue weighted by Gasteiger charge is -2.22. The van der Waals surface area contributed by atoms with Gasteiger partial charge in [0.05, 0.1) is 0 Å². The minimum absolute atomic E-state index is 0.188. The standard InChI is InChI=1S/C15H20FN5O/c1-9-8-11(6-7-12(9)16)13-18-20-21(19-13)10(2)14(22)17-15(3,4)5/h6-8,10H,1-5H3,(H,17,22)/t10-/m0/s1. The fraction of sp³-hybridized carbons (Fsp3) is 0.467. The van der Waals surface area contributed by atoms with Crippen molar-refractivity contribution < 1.29 is 9.18 Å². The van der Waals surface area contributed by atoms with E-state index in [4.69, 9.17) is 0 Å². The van der Waals surface area contributed by atoms with Crippen LogP contribution in [-0.4, -0.2) is 31.7 Å². The Labute approximate surface area is 128 Å². The molecule has 6 nitrogen and oxygen atoms in total. The Morgan fingerprint density at radius 3 is 2.64 bits per heavy atom. The maximum Gasteiger partial charge on any atom is 0.246 e. The van der Waals surface area contributed by atoms with Crippen molar-refractivity contribution in [3.63, 3.8) is 0 Å². The molecule has 2 aromatic rings. The zero-order chi connectivity index (χ0) is 16.5. The minimum Gasteiger partial charge on any atom is -0.350 e. The van der Waals surface area contributed by atoms with Crippen LogP contribution in [-0.2, 0) is 4.79 Å². The number of amides is 1. The summed E-state index contributed by atoms with van der Waals surface area (Å²) < 4.78 is 13.3. The van der Waals surface area contributed by atoms with E-state index in [1.165, 1.54) is 10.9 Å². The number of aromatic nitrogens is 4.